The third kappa shape index (κ3) is 3.83. The molecule has 19 heavy (non-hydrogen) atoms. The van der Waals surface area contributed by atoms with E-state index < -0.39 is 0 Å². The lowest BCUT2D eigenvalue weighted by Gasteiger charge is -2.02. The van der Waals surface area contributed by atoms with Gasteiger partial charge in [-0.1, -0.05) is 37.6 Å². The molecule has 0 unspecified atom stereocenters. The maximum absolute atomic E-state index is 11.9. The fourth-order valence-corrected chi connectivity index (χ4v) is 1.93. The summed E-state index contributed by atoms with van der Waals surface area (Å²) in [6, 6.07) is 9.11. The summed E-state index contributed by atoms with van der Waals surface area (Å²) in [7, 11) is 0. The van der Waals surface area contributed by atoms with Gasteiger partial charge in [-0.15, -0.1) is 0 Å². The summed E-state index contributed by atoms with van der Waals surface area (Å²) in [6.45, 7) is 4.12. The van der Waals surface area contributed by atoms with Gasteiger partial charge in [0, 0.05) is 16.8 Å². The summed E-state index contributed by atoms with van der Waals surface area (Å²) in [5.74, 6) is 0.797. The monoisotopic (exact) mass is 277 g/mol. The number of aromatic amines is 1. The number of carbonyl (C=O) groups is 1. The van der Waals surface area contributed by atoms with Gasteiger partial charge in [0.1, 0.15) is 0 Å². The fourth-order valence-electron chi connectivity index (χ4n) is 1.72. The van der Waals surface area contributed by atoms with Gasteiger partial charge in [0.05, 0.1) is 6.42 Å². The van der Waals surface area contributed by atoms with Crippen LogP contribution in [0.2, 0.25) is 5.02 Å². The van der Waals surface area contributed by atoms with Crippen molar-refractivity contribution in [2.45, 2.75) is 26.2 Å². The molecule has 0 saturated heterocycles. The summed E-state index contributed by atoms with van der Waals surface area (Å²) >= 11 is 5.88. The Bertz CT molecular complexity index is 578. The number of anilines is 1. The van der Waals surface area contributed by atoms with Gasteiger partial charge < -0.3 is 5.32 Å². The minimum atomic E-state index is -0.107. The van der Waals surface area contributed by atoms with E-state index in [0.717, 1.165) is 11.3 Å². The van der Waals surface area contributed by atoms with Gasteiger partial charge in [0.15, 0.2) is 5.82 Å². The highest BCUT2D eigenvalue weighted by atomic mass is 35.5. The molecule has 1 aromatic heterocycles. The average molecular weight is 278 g/mol. The molecule has 0 atom stereocenters. The van der Waals surface area contributed by atoms with Crippen molar-refractivity contribution >= 4 is 23.3 Å². The summed E-state index contributed by atoms with van der Waals surface area (Å²) in [5, 5.41) is 10.3. The molecule has 1 aromatic carbocycles. The molecule has 2 aromatic rings. The van der Waals surface area contributed by atoms with Crippen LogP contribution in [0.1, 0.15) is 31.0 Å². The molecule has 100 valence electrons. The molecule has 0 spiro atoms. The van der Waals surface area contributed by atoms with Crippen LogP contribution in [0.25, 0.3) is 0 Å². The Balaban J connectivity index is 1.97. The van der Waals surface area contributed by atoms with E-state index >= 15 is 0 Å². The van der Waals surface area contributed by atoms with E-state index in [1.54, 1.807) is 12.1 Å². The van der Waals surface area contributed by atoms with Crippen LogP contribution < -0.4 is 5.32 Å². The lowest BCUT2D eigenvalue weighted by Crippen LogP contribution is -2.14. The van der Waals surface area contributed by atoms with Crippen molar-refractivity contribution in [3.8, 4) is 0 Å². The minimum absolute atomic E-state index is 0.107. The third-order valence-electron chi connectivity index (χ3n) is 2.74. The van der Waals surface area contributed by atoms with E-state index in [0.29, 0.717) is 16.8 Å². The Morgan fingerprint density at radius 1 is 1.42 bits per heavy atom. The van der Waals surface area contributed by atoms with Crippen LogP contribution in [-0.4, -0.2) is 16.1 Å². The van der Waals surface area contributed by atoms with Crippen molar-refractivity contribution in [3.05, 3.63) is 46.6 Å². The predicted molar refractivity (Wildman–Crippen MR) is 76.5 cm³/mol. The Morgan fingerprint density at radius 2 is 2.21 bits per heavy atom. The predicted octanol–water partition coefficient (Wildman–Crippen LogP) is 3.37. The number of H-pyrrole nitrogens is 1. The minimum Gasteiger partial charge on any atom is -0.309 e. The van der Waals surface area contributed by atoms with E-state index in [9.17, 15) is 4.79 Å². The number of hydrogen-bond acceptors (Lipinski definition) is 2. The Hall–Kier alpha value is -1.81. The van der Waals surface area contributed by atoms with Crippen molar-refractivity contribution in [1.29, 1.82) is 0 Å². The van der Waals surface area contributed by atoms with E-state index in [-0.39, 0.29) is 12.3 Å². The Kier molecular flexibility index (Phi) is 4.22. The van der Waals surface area contributed by atoms with E-state index in [2.05, 4.69) is 29.4 Å². The van der Waals surface area contributed by atoms with Crippen LogP contribution in [0.5, 0.6) is 0 Å². The standard InChI is InChI=1S/C14H16ClN3O/c1-9(2)12-8-13(18-17-12)16-14(19)7-10-4-3-5-11(15)6-10/h3-6,8-9H,7H2,1-2H3,(H2,16,17,18,19). The van der Waals surface area contributed by atoms with Gasteiger partial charge in [-0.25, -0.2) is 0 Å². The molecular formula is C14H16ClN3O. The molecule has 0 fully saturated rings. The number of halogens is 1. The zero-order chi connectivity index (χ0) is 13.8. The highest BCUT2D eigenvalue weighted by molar-refractivity contribution is 6.30. The van der Waals surface area contributed by atoms with Crippen molar-refractivity contribution < 1.29 is 4.79 Å². The van der Waals surface area contributed by atoms with Crippen molar-refractivity contribution in [2.75, 3.05) is 5.32 Å². The molecule has 2 rings (SSSR count). The smallest absolute Gasteiger partial charge is 0.229 e. The van der Waals surface area contributed by atoms with E-state index in [1.165, 1.54) is 0 Å². The number of nitrogens with zero attached hydrogens (tertiary/aromatic N) is 1. The van der Waals surface area contributed by atoms with Crippen LogP contribution >= 0.6 is 11.6 Å². The number of carbonyl (C=O) groups excluding carboxylic acids is 1. The number of hydrogen-bond donors (Lipinski definition) is 2. The van der Waals surface area contributed by atoms with Crippen LogP contribution in [0.4, 0.5) is 5.82 Å². The molecule has 2 N–H and O–H groups in total. The second-order valence-electron chi connectivity index (χ2n) is 4.72. The average Bonchev–Trinajstić information content (AvgIpc) is 2.77. The zero-order valence-corrected chi connectivity index (χ0v) is 11.7. The van der Waals surface area contributed by atoms with Crippen molar-refractivity contribution in [3.63, 3.8) is 0 Å². The fraction of sp³-hybridized carbons (Fsp3) is 0.286. The van der Waals surface area contributed by atoms with Crippen molar-refractivity contribution in [1.82, 2.24) is 10.2 Å². The van der Waals surface area contributed by atoms with E-state index in [1.807, 2.05) is 18.2 Å². The van der Waals surface area contributed by atoms with Crippen LogP contribution in [0.3, 0.4) is 0 Å². The number of aromatic nitrogens is 2. The Labute approximate surface area is 117 Å². The summed E-state index contributed by atoms with van der Waals surface area (Å²) < 4.78 is 0. The molecule has 4 nitrogen and oxygen atoms in total. The first-order chi connectivity index (χ1) is 9.04. The molecule has 0 radical (unpaired) electrons. The van der Waals surface area contributed by atoms with Crippen LogP contribution in [-0.2, 0) is 11.2 Å². The first-order valence-corrected chi connectivity index (χ1v) is 6.52. The van der Waals surface area contributed by atoms with Gasteiger partial charge in [-0.2, -0.15) is 5.10 Å². The molecule has 5 heteroatoms. The number of amides is 1. The second kappa shape index (κ2) is 5.89. The lowest BCUT2D eigenvalue weighted by atomic mass is 10.1. The molecule has 0 aliphatic rings. The van der Waals surface area contributed by atoms with E-state index in [4.69, 9.17) is 11.6 Å². The maximum Gasteiger partial charge on any atom is 0.229 e. The normalized spacial score (nSPS) is 10.7. The molecule has 1 amide bonds. The SMILES string of the molecule is CC(C)c1cc(NC(=O)Cc2cccc(Cl)c2)n[nH]1. The summed E-state index contributed by atoms with van der Waals surface area (Å²) in [4.78, 5) is 11.9. The molecule has 1 heterocycles. The molecule has 0 saturated carbocycles. The second-order valence-corrected chi connectivity index (χ2v) is 5.15. The van der Waals surface area contributed by atoms with Crippen LogP contribution in [0.15, 0.2) is 30.3 Å². The van der Waals surface area contributed by atoms with Gasteiger partial charge in [0.2, 0.25) is 5.91 Å². The van der Waals surface area contributed by atoms with Gasteiger partial charge in [-0.05, 0) is 23.6 Å². The number of rotatable bonds is 4. The highest BCUT2D eigenvalue weighted by Crippen LogP contribution is 2.15. The molecule has 0 aliphatic carbocycles. The quantitative estimate of drug-likeness (QED) is 0.900. The van der Waals surface area contributed by atoms with Gasteiger partial charge in [-0.3, -0.25) is 9.89 Å². The molecule has 0 bridgehead atoms. The largest absolute Gasteiger partial charge is 0.309 e. The lowest BCUT2D eigenvalue weighted by molar-refractivity contribution is -0.115. The number of benzene rings is 1. The van der Waals surface area contributed by atoms with Crippen LogP contribution in [0, 0.1) is 0 Å². The summed E-state index contributed by atoms with van der Waals surface area (Å²) in [6.07, 6.45) is 0.282. The number of nitrogens with one attached hydrogen (secondary N) is 2. The third-order valence-corrected chi connectivity index (χ3v) is 2.98. The first-order valence-electron chi connectivity index (χ1n) is 6.14. The maximum atomic E-state index is 11.9. The Morgan fingerprint density at radius 3 is 2.84 bits per heavy atom. The topological polar surface area (TPSA) is 57.8 Å². The molecule has 0 aliphatic heterocycles. The first kappa shape index (κ1) is 13.6. The highest BCUT2D eigenvalue weighted by Gasteiger charge is 2.08. The zero-order valence-electron chi connectivity index (χ0n) is 10.9. The molecular weight excluding hydrogens is 262 g/mol. The van der Waals surface area contributed by atoms with Gasteiger partial charge in [0.25, 0.3) is 0 Å². The van der Waals surface area contributed by atoms with Gasteiger partial charge >= 0.3 is 0 Å². The summed E-state index contributed by atoms with van der Waals surface area (Å²) in [5.41, 5.74) is 1.88. The van der Waals surface area contributed by atoms with Crippen molar-refractivity contribution in [2.24, 2.45) is 0 Å².